The van der Waals surface area contributed by atoms with Gasteiger partial charge in [-0.15, -0.1) is 10.2 Å². The molecule has 0 aliphatic rings. The van der Waals surface area contributed by atoms with Gasteiger partial charge >= 0.3 is 0 Å². The monoisotopic (exact) mass is 555 g/mol. The Morgan fingerprint density at radius 3 is 2.36 bits per heavy atom. The summed E-state index contributed by atoms with van der Waals surface area (Å²) in [6.45, 7) is 2.58. The van der Waals surface area contributed by atoms with Crippen molar-refractivity contribution in [2.75, 3.05) is 52.4 Å². The largest absolute Gasteiger partial charge is 0.411 e. The van der Waals surface area contributed by atoms with Crippen LogP contribution in [0.15, 0.2) is 57.2 Å². The lowest BCUT2D eigenvalue weighted by Crippen LogP contribution is -2.27. The number of carbonyl (C=O) groups excluding carboxylic acids is 2. The molecule has 14 heteroatoms. The third-order valence-corrected chi connectivity index (χ3v) is 5.79. The molecule has 1 aromatic heterocycles. The highest BCUT2D eigenvalue weighted by atomic mass is 32.2. The van der Waals surface area contributed by atoms with Crippen LogP contribution in [0.4, 0.5) is 5.69 Å². The first-order valence-corrected chi connectivity index (χ1v) is 13.2. The molecule has 3 rings (SSSR count). The number of hydrogen-bond donors (Lipinski definition) is 2. The molecule has 0 atom stereocenters. The maximum absolute atomic E-state index is 12.1. The average molecular weight is 556 g/mol. The van der Waals surface area contributed by atoms with Crippen molar-refractivity contribution < 1.29 is 28.2 Å². The van der Waals surface area contributed by atoms with E-state index < -0.39 is 5.91 Å². The van der Waals surface area contributed by atoms with Gasteiger partial charge in [-0.25, -0.2) is 0 Å². The summed E-state index contributed by atoms with van der Waals surface area (Å²) in [5, 5.41) is 14.6. The fourth-order valence-corrected chi connectivity index (χ4v) is 3.66. The first-order chi connectivity index (χ1) is 19.0. The van der Waals surface area contributed by atoms with Crippen molar-refractivity contribution in [2.45, 2.75) is 11.6 Å². The molecule has 39 heavy (non-hydrogen) atoms. The lowest BCUT2D eigenvalue weighted by atomic mass is 10.0. The van der Waals surface area contributed by atoms with Crippen molar-refractivity contribution in [2.24, 2.45) is 10.8 Å². The summed E-state index contributed by atoms with van der Waals surface area (Å²) in [6.07, 6.45) is 2.32. The molecule has 3 N–H and O–H groups in total. The fraction of sp³-hybridized carbons (Fsp3) is 0.360. The summed E-state index contributed by atoms with van der Waals surface area (Å²) in [6, 6.07) is 11.5. The molecular formula is C25H29N7O6S. The molecule has 0 aliphatic heterocycles. The number of nitrogens with one attached hydrogen (secondary N) is 1. The molecule has 2 amide bonds. The Balaban J connectivity index is 1.26. The average Bonchev–Trinajstić information content (AvgIpc) is 3.43. The van der Waals surface area contributed by atoms with Crippen LogP contribution in [0.5, 0.6) is 0 Å². The summed E-state index contributed by atoms with van der Waals surface area (Å²) >= 11 is 1.35. The minimum atomic E-state index is -0.518. The topological polar surface area (TPSA) is 188 Å². The summed E-state index contributed by atoms with van der Waals surface area (Å²) in [5.74, 6) is -0.391. The van der Waals surface area contributed by atoms with Gasteiger partial charge in [-0.3, -0.25) is 9.59 Å². The number of thioether (sulfide) groups is 1. The van der Waals surface area contributed by atoms with Crippen LogP contribution >= 0.6 is 11.8 Å². The van der Waals surface area contributed by atoms with E-state index in [1.54, 1.807) is 42.5 Å². The van der Waals surface area contributed by atoms with Crippen molar-refractivity contribution in [1.82, 2.24) is 15.5 Å². The molecule has 0 saturated carbocycles. The number of nitrogens with two attached hydrogens (primary N) is 1. The van der Waals surface area contributed by atoms with Crippen LogP contribution < -0.4 is 11.1 Å². The number of hydrogen-bond acceptors (Lipinski definition) is 10. The van der Waals surface area contributed by atoms with Crippen LogP contribution in [0.1, 0.15) is 26.3 Å². The van der Waals surface area contributed by atoms with E-state index in [0.717, 1.165) is 5.56 Å². The molecule has 0 unspecified atom stereocenters. The van der Waals surface area contributed by atoms with Crippen LogP contribution in [0.2, 0.25) is 0 Å². The molecule has 0 aliphatic carbocycles. The minimum Gasteiger partial charge on any atom is -0.411 e. The standard InChI is InChI=1S/C25H29N7O6S/c1-39-25-31-30-24(38-25)19-4-7-21(22(26)33)18(16-19)8-10-35-12-14-37-15-13-36-11-9-28-23(34)17-2-5-20(6-3-17)29-32-27/h2-7,16H,8-15H2,1H3,(H2,26,33)(H,28,34). The zero-order chi connectivity index (χ0) is 27.9. The highest BCUT2D eigenvalue weighted by Gasteiger charge is 2.14. The molecule has 206 valence electrons. The van der Waals surface area contributed by atoms with Gasteiger partial charge in [-0.1, -0.05) is 29.0 Å². The van der Waals surface area contributed by atoms with E-state index in [2.05, 4.69) is 25.5 Å². The Bertz CT molecular complexity index is 1280. The molecule has 1 heterocycles. The van der Waals surface area contributed by atoms with E-state index in [1.165, 1.54) is 11.8 Å². The minimum absolute atomic E-state index is 0.242. The van der Waals surface area contributed by atoms with Crippen LogP contribution in [0, 0.1) is 0 Å². The molecule has 0 spiro atoms. The van der Waals surface area contributed by atoms with Crippen molar-refractivity contribution in [3.05, 3.63) is 69.6 Å². The lowest BCUT2D eigenvalue weighted by molar-refractivity contribution is 0.0157. The molecular weight excluding hydrogens is 526 g/mol. The summed E-state index contributed by atoms with van der Waals surface area (Å²) in [4.78, 5) is 26.6. The van der Waals surface area contributed by atoms with Crippen molar-refractivity contribution in [3.8, 4) is 11.5 Å². The Labute approximate surface area is 229 Å². The molecule has 0 bridgehead atoms. The number of azide groups is 1. The number of primary amides is 1. The molecule has 2 aromatic carbocycles. The van der Waals surface area contributed by atoms with E-state index in [4.69, 9.17) is 29.9 Å². The number of carbonyl (C=O) groups is 2. The third kappa shape index (κ3) is 9.71. The highest BCUT2D eigenvalue weighted by molar-refractivity contribution is 7.98. The number of rotatable bonds is 17. The van der Waals surface area contributed by atoms with Gasteiger partial charge in [0.25, 0.3) is 11.1 Å². The number of aromatic nitrogens is 2. The number of ether oxygens (including phenoxy) is 3. The maximum atomic E-state index is 12.1. The Morgan fingerprint density at radius 1 is 1.03 bits per heavy atom. The van der Waals surface area contributed by atoms with Gasteiger partial charge in [0, 0.05) is 33.8 Å². The highest BCUT2D eigenvalue weighted by Crippen LogP contribution is 2.24. The zero-order valence-corrected chi connectivity index (χ0v) is 22.2. The van der Waals surface area contributed by atoms with Gasteiger partial charge in [0.05, 0.1) is 39.6 Å². The second-order valence-electron chi connectivity index (χ2n) is 7.89. The van der Waals surface area contributed by atoms with Gasteiger partial charge < -0.3 is 29.7 Å². The molecule has 0 saturated heterocycles. The first kappa shape index (κ1) is 29.6. The predicted octanol–water partition coefficient (Wildman–Crippen LogP) is 3.52. The summed E-state index contributed by atoms with van der Waals surface area (Å²) in [5.41, 5.74) is 16.7. The quantitative estimate of drug-likeness (QED) is 0.0825. The van der Waals surface area contributed by atoms with Gasteiger partial charge in [0.1, 0.15) is 0 Å². The Morgan fingerprint density at radius 2 is 1.72 bits per heavy atom. The smallest absolute Gasteiger partial charge is 0.276 e. The Kier molecular flexibility index (Phi) is 12.2. The second kappa shape index (κ2) is 16.1. The van der Waals surface area contributed by atoms with Gasteiger partial charge in [-0.05, 0) is 54.1 Å². The first-order valence-electron chi connectivity index (χ1n) is 12.0. The van der Waals surface area contributed by atoms with Gasteiger partial charge in [0.2, 0.25) is 11.8 Å². The van der Waals surface area contributed by atoms with Crippen LogP contribution in [-0.2, 0) is 20.6 Å². The van der Waals surface area contributed by atoms with Crippen LogP contribution in [-0.4, -0.2) is 74.5 Å². The predicted molar refractivity (Wildman–Crippen MR) is 144 cm³/mol. The SMILES string of the molecule is CSc1nnc(-c2ccc(C(N)=O)c(CCOCCOCCOCCNC(=O)c3ccc(N=[N+]=[N-])cc3)c2)o1. The fourth-order valence-electron chi connectivity index (χ4n) is 3.38. The maximum Gasteiger partial charge on any atom is 0.276 e. The number of nitrogens with zero attached hydrogens (tertiary/aromatic N) is 5. The number of benzene rings is 2. The molecule has 3 aromatic rings. The summed E-state index contributed by atoms with van der Waals surface area (Å²) in [7, 11) is 0. The van der Waals surface area contributed by atoms with E-state index in [9.17, 15) is 9.59 Å². The Hall–Kier alpha value is -3.94. The van der Waals surface area contributed by atoms with Crippen LogP contribution in [0.25, 0.3) is 21.9 Å². The summed E-state index contributed by atoms with van der Waals surface area (Å²) < 4.78 is 22.1. The zero-order valence-electron chi connectivity index (χ0n) is 21.4. The molecule has 0 radical (unpaired) electrons. The van der Waals surface area contributed by atoms with Gasteiger partial charge in [0.15, 0.2) is 0 Å². The van der Waals surface area contributed by atoms with Gasteiger partial charge in [-0.2, -0.15) is 0 Å². The van der Waals surface area contributed by atoms with Crippen molar-refractivity contribution in [3.63, 3.8) is 0 Å². The van der Waals surface area contributed by atoms with Crippen LogP contribution in [0.3, 0.4) is 0 Å². The number of amides is 2. The van der Waals surface area contributed by atoms with E-state index in [0.29, 0.717) is 86.1 Å². The van der Waals surface area contributed by atoms with E-state index in [-0.39, 0.29) is 5.91 Å². The van der Waals surface area contributed by atoms with Crippen molar-refractivity contribution in [1.29, 1.82) is 0 Å². The van der Waals surface area contributed by atoms with E-state index >= 15 is 0 Å². The molecule has 0 fully saturated rings. The molecule has 13 nitrogen and oxygen atoms in total. The second-order valence-corrected chi connectivity index (χ2v) is 8.65. The normalized spacial score (nSPS) is 10.7. The lowest BCUT2D eigenvalue weighted by Gasteiger charge is -2.10. The van der Waals surface area contributed by atoms with Crippen molar-refractivity contribution >= 4 is 29.3 Å². The third-order valence-electron chi connectivity index (χ3n) is 5.28. The van der Waals surface area contributed by atoms with E-state index in [1.807, 2.05) is 6.26 Å².